The van der Waals surface area contributed by atoms with Crippen molar-refractivity contribution in [1.29, 1.82) is 0 Å². The van der Waals surface area contributed by atoms with Crippen LogP contribution in [0.5, 0.6) is 17.2 Å². The lowest BCUT2D eigenvalue weighted by Crippen LogP contribution is -2.41. The summed E-state index contributed by atoms with van der Waals surface area (Å²) in [5.41, 5.74) is 0.634. The van der Waals surface area contributed by atoms with Crippen LogP contribution in [0.25, 0.3) is 0 Å². The summed E-state index contributed by atoms with van der Waals surface area (Å²) in [6, 6.07) is 20.4. The Hall–Kier alpha value is -4.33. The summed E-state index contributed by atoms with van der Waals surface area (Å²) < 4.78 is 12.0. The fourth-order valence-electron chi connectivity index (χ4n) is 4.26. The first-order valence-electron chi connectivity index (χ1n) is 12.8. The number of hydrogen-bond acceptors (Lipinski definition) is 5. The zero-order valence-corrected chi connectivity index (χ0v) is 21.5. The number of rotatable bonds is 9. The number of ether oxygens (including phenoxy) is 2. The predicted octanol–water partition coefficient (Wildman–Crippen LogP) is 5.89. The van der Waals surface area contributed by atoms with E-state index in [2.05, 4.69) is 10.6 Å². The molecule has 0 aromatic heterocycles. The third-order valence-electron chi connectivity index (χ3n) is 6.43. The van der Waals surface area contributed by atoms with Crippen molar-refractivity contribution in [3.8, 4) is 17.2 Å². The van der Waals surface area contributed by atoms with Crippen LogP contribution in [0.1, 0.15) is 60.2 Å². The maximum atomic E-state index is 12.6. The maximum absolute atomic E-state index is 12.6. The fourth-order valence-corrected chi connectivity index (χ4v) is 4.26. The molecule has 1 aliphatic rings. The van der Waals surface area contributed by atoms with Crippen LogP contribution in [0.2, 0.25) is 0 Å². The highest BCUT2D eigenvalue weighted by Crippen LogP contribution is 2.28. The van der Waals surface area contributed by atoms with Gasteiger partial charge in [-0.15, -0.1) is 0 Å². The Morgan fingerprint density at radius 3 is 2.00 bits per heavy atom. The molecule has 2 amide bonds. The van der Waals surface area contributed by atoms with E-state index < -0.39 is 11.9 Å². The summed E-state index contributed by atoms with van der Waals surface area (Å²) in [7, 11) is 0. The van der Waals surface area contributed by atoms with Gasteiger partial charge in [-0.05, 0) is 86.3 Å². The van der Waals surface area contributed by atoms with E-state index in [-0.39, 0.29) is 35.2 Å². The van der Waals surface area contributed by atoms with Gasteiger partial charge in [0.05, 0.1) is 17.4 Å². The number of benzene rings is 3. The first kappa shape index (κ1) is 26.7. The van der Waals surface area contributed by atoms with E-state index in [9.17, 15) is 19.5 Å². The molecule has 0 aliphatic heterocycles. The first-order valence-corrected chi connectivity index (χ1v) is 12.8. The van der Waals surface area contributed by atoms with Crippen LogP contribution in [0.15, 0.2) is 72.8 Å². The van der Waals surface area contributed by atoms with Crippen LogP contribution in [0.3, 0.4) is 0 Å². The summed E-state index contributed by atoms with van der Waals surface area (Å²) >= 11 is 0. The molecule has 1 saturated carbocycles. The van der Waals surface area contributed by atoms with Crippen molar-refractivity contribution >= 4 is 23.5 Å². The third-order valence-corrected chi connectivity index (χ3v) is 6.43. The van der Waals surface area contributed by atoms with E-state index in [1.165, 1.54) is 6.07 Å². The van der Waals surface area contributed by atoms with E-state index in [1.807, 2.05) is 38.1 Å². The van der Waals surface area contributed by atoms with Gasteiger partial charge in [-0.1, -0.05) is 26.0 Å². The van der Waals surface area contributed by atoms with Crippen LogP contribution in [0.4, 0.5) is 5.69 Å². The fraction of sp³-hybridized carbons (Fsp3) is 0.300. The molecule has 1 aliphatic carbocycles. The van der Waals surface area contributed by atoms with E-state index >= 15 is 0 Å². The molecule has 1 fully saturated rings. The monoisotopic (exact) mass is 516 g/mol. The minimum absolute atomic E-state index is 0.00393. The van der Waals surface area contributed by atoms with E-state index in [0.29, 0.717) is 17.1 Å². The summed E-state index contributed by atoms with van der Waals surface area (Å²) in [5.74, 6) is 0.525. The van der Waals surface area contributed by atoms with Crippen LogP contribution < -0.4 is 20.1 Å². The molecule has 0 heterocycles. The number of carbonyl (C=O) groups is 3. The molecule has 3 aromatic rings. The Kier molecular flexibility index (Phi) is 8.63. The highest BCUT2D eigenvalue weighted by Gasteiger charge is 2.24. The van der Waals surface area contributed by atoms with Crippen molar-refractivity contribution in [2.45, 2.75) is 51.7 Å². The van der Waals surface area contributed by atoms with Gasteiger partial charge in [-0.25, -0.2) is 4.79 Å². The van der Waals surface area contributed by atoms with E-state index in [4.69, 9.17) is 9.47 Å². The number of para-hydroxylation sites is 1. The summed E-state index contributed by atoms with van der Waals surface area (Å²) in [5, 5.41) is 15.0. The van der Waals surface area contributed by atoms with Crippen LogP contribution in [0, 0.1) is 5.92 Å². The van der Waals surface area contributed by atoms with Crippen molar-refractivity contribution < 1.29 is 29.0 Å². The lowest BCUT2D eigenvalue weighted by molar-refractivity contribution is -0.125. The number of anilines is 1. The lowest BCUT2D eigenvalue weighted by Gasteiger charge is -2.30. The molecule has 0 bridgehead atoms. The van der Waals surface area contributed by atoms with Crippen molar-refractivity contribution in [3.05, 3.63) is 83.9 Å². The van der Waals surface area contributed by atoms with Gasteiger partial charge in [0.1, 0.15) is 17.2 Å². The molecule has 0 spiro atoms. The molecule has 4 rings (SSSR count). The van der Waals surface area contributed by atoms with E-state index in [1.54, 1.807) is 42.5 Å². The average Bonchev–Trinajstić information content (AvgIpc) is 2.91. The van der Waals surface area contributed by atoms with Gasteiger partial charge in [0, 0.05) is 17.5 Å². The number of carbonyl (C=O) groups excluding carboxylic acids is 2. The highest BCUT2D eigenvalue weighted by atomic mass is 16.5. The summed E-state index contributed by atoms with van der Waals surface area (Å²) in [4.78, 5) is 35.8. The van der Waals surface area contributed by atoms with Crippen molar-refractivity contribution in [2.24, 2.45) is 5.92 Å². The van der Waals surface area contributed by atoms with Crippen molar-refractivity contribution in [3.63, 3.8) is 0 Å². The molecule has 3 N–H and O–H groups in total. The number of carboxylic acids is 1. The van der Waals surface area contributed by atoms with Gasteiger partial charge < -0.3 is 25.2 Å². The van der Waals surface area contributed by atoms with Gasteiger partial charge in [-0.2, -0.15) is 0 Å². The average molecular weight is 517 g/mol. The molecule has 3 aromatic carbocycles. The Morgan fingerprint density at radius 2 is 1.39 bits per heavy atom. The molecule has 0 unspecified atom stereocenters. The van der Waals surface area contributed by atoms with Gasteiger partial charge >= 0.3 is 5.97 Å². The van der Waals surface area contributed by atoms with Crippen molar-refractivity contribution in [2.75, 3.05) is 5.32 Å². The molecular weight excluding hydrogens is 484 g/mol. The Bertz CT molecular complexity index is 1260. The molecule has 0 saturated heterocycles. The Labute approximate surface area is 222 Å². The van der Waals surface area contributed by atoms with Gasteiger partial charge in [0.2, 0.25) is 5.91 Å². The number of aromatic carboxylic acids is 1. The minimum Gasteiger partial charge on any atom is -0.490 e. The quantitative estimate of drug-likeness (QED) is 0.327. The normalized spacial score (nSPS) is 16.9. The van der Waals surface area contributed by atoms with Crippen LogP contribution in [-0.2, 0) is 4.79 Å². The number of carboxylic acid groups (broad SMARTS) is 1. The SMILES string of the molecule is CC(C)C(=O)NC1CCC(Oc2ccc(Oc3ccc(C(=O)Nc4ccccc4C(=O)O)cc3)cc2)CC1. The third kappa shape index (κ3) is 7.12. The van der Waals surface area contributed by atoms with E-state index in [0.717, 1.165) is 31.4 Å². The van der Waals surface area contributed by atoms with Crippen LogP contribution in [-0.4, -0.2) is 35.0 Å². The molecular formula is C30H32N2O6. The predicted molar refractivity (Wildman–Crippen MR) is 144 cm³/mol. The Balaban J connectivity index is 1.27. The van der Waals surface area contributed by atoms with Gasteiger partial charge in [0.15, 0.2) is 0 Å². The second-order valence-electron chi connectivity index (χ2n) is 9.66. The molecule has 38 heavy (non-hydrogen) atoms. The minimum atomic E-state index is -1.11. The first-order chi connectivity index (χ1) is 18.3. The molecule has 0 atom stereocenters. The zero-order chi connectivity index (χ0) is 27.1. The topological polar surface area (TPSA) is 114 Å². The molecule has 0 radical (unpaired) electrons. The highest BCUT2D eigenvalue weighted by molar-refractivity contribution is 6.07. The van der Waals surface area contributed by atoms with Gasteiger partial charge in [0.25, 0.3) is 5.91 Å². The largest absolute Gasteiger partial charge is 0.490 e. The number of hydrogen-bond donors (Lipinski definition) is 3. The second kappa shape index (κ2) is 12.3. The smallest absolute Gasteiger partial charge is 0.337 e. The molecule has 8 nitrogen and oxygen atoms in total. The second-order valence-corrected chi connectivity index (χ2v) is 9.66. The zero-order valence-electron chi connectivity index (χ0n) is 21.5. The lowest BCUT2D eigenvalue weighted by atomic mass is 9.92. The van der Waals surface area contributed by atoms with Crippen molar-refractivity contribution in [1.82, 2.24) is 5.32 Å². The number of amides is 2. The standard InChI is InChI=1S/C30H32N2O6/c1-19(2)28(33)31-21-9-13-23(14-10-21)38-25-17-15-24(16-18-25)37-22-11-7-20(8-12-22)29(34)32-27-6-4-3-5-26(27)30(35)36/h3-8,11-12,15-19,21,23H,9-10,13-14H2,1-2H3,(H,31,33)(H,32,34)(H,35,36). The van der Waals surface area contributed by atoms with Crippen LogP contribution >= 0.6 is 0 Å². The summed E-state index contributed by atoms with van der Waals surface area (Å²) in [6.07, 6.45) is 3.72. The molecule has 198 valence electrons. The molecule has 8 heteroatoms. The maximum Gasteiger partial charge on any atom is 0.337 e. The van der Waals surface area contributed by atoms with Gasteiger partial charge in [-0.3, -0.25) is 9.59 Å². The summed E-state index contributed by atoms with van der Waals surface area (Å²) in [6.45, 7) is 3.80. The Morgan fingerprint density at radius 1 is 0.816 bits per heavy atom. The number of nitrogens with one attached hydrogen (secondary N) is 2.